The first kappa shape index (κ1) is 18.2. The van der Waals surface area contributed by atoms with Crippen LogP contribution in [0.15, 0.2) is 24.3 Å². The van der Waals surface area contributed by atoms with E-state index in [1.165, 1.54) is 5.56 Å². The monoisotopic (exact) mass is 304 g/mol. The second-order valence-electron chi connectivity index (χ2n) is 6.69. The summed E-state index contributed by atoms with van der Waals surface area (Å²) >= 11 is 0. The molecule has 2 amide bonds. The first-order valence-electron chi connectivity index (χ1n) is 7.90. The third kappa shape index (κ3) is 5.17. The van der Waals surface area contributed by atoms with Crippen LogP contribution in [0.5, 0.6) is 0 Å². The number of nitrogens with one attached hydrogen (secondary N) is 1. The van der Waals surface area contributed by atoms with Gasteiger partial charge in [0, 0.05) is 0 Å². The maximum atomic E-state index is 12.3. The van der Waals surface area contributed by atoms with E-state index in [2.05, 4.69) is 31.3 Å². The second-order valence-corrected chi connectivity index (χ2v) is 6.69. The Morgan fingerprint density at radius 2 is 1.59 bits per heavy atom. The molecule has 0 radical (unpaired) electrons. The van der Waals surface area contributed by atoms with Crippen LogP contribution in [-0.4, -0.2) is 17.9 Å². The summed E-state index contributed by atoms with van der Waals surface area (Å²) in [5.41, 5.74) is 7.55. The number of amides is 2. The Kier molecular flexibility index (Phi) is 6.60. The van der Waals surface area contributed by atoms with Crippen molar-refractivity contribution in [2.45, 2.75) is 53.0 Å². The third-order valence-electron chi connectivity index (χ3n) is 3.79. The summed E-state index contributed by atoms with van der Waals surface area (Å²) in [5.74, 6) is -0.401. The van der Waals surface area contributed by atoms with Crippen LogP contribution in [0.3, 0.4) is 0 Å². The number of hydrogen-bond donors (Lipinski definition) is 2. The van der Waals surface area contributed by atoms with Gasteiger partial charge in [-0.05, 0) is 36.3 Å². The molecule has 0 aliphatic carbocycles. The lowest BCUT2D eigenvalue weighted by atomic mass is 9.95. The predicted octanol–water partition coefficient (Wildman–Crippen LogP) is 2.61. The van der Waals surface area contributed by atoms with E-state index in [1.807, 2.05) is 32.9 Å². The lowest BCUT2D eigenvalue weighted by molar-refractivity contribution is -0.129. The van der Waals surface area contributed by atoms with Crippen molar-refractivity contribution in [2.24, 2.45) is 17.6 Å². The summed E-state index contributed by atoms with van der Waals surface area (Å²) in [6, 6.07) is 7.46. The minimum atomic E-state index is -0.629. The molecule has 1 unspecified atom stereocenters. The van der Waals surface area contributed by atoms with E-state index in [0.29, 0.717) is 5.92 Å². The highest BCUT2D eigenvalue weighted by Crippen LogP contribution is 2.18. The van der Waals surface area contributed by atoms with Gasteiger partial charge < -0.3 is 11.1 Å². The average Bonchev–Trinajstić information content (AvgIpc) is 2.43. The summed E-state index contributed by atoms with van der Waals surface area (Å²) in [6.07, 6.45) is 1.03. The van der Waals surface area contributed by atoms with E-state index >= 15 is 0 Å². The SMILES string of the molecule is CC(C)Cc1ccc([C@H](C)C(=O)NC(C(N)=O)C(C)C)cc1. The van der Waals surface area contributed by atoms with E-state index in [-0.39, 0.29) is 17.7 Å². The van der Waals surface area contributed by atoms with Gasteiger partial charge in [0.05, 0.1) is 5.92 Å². The van der Waals surface area contributed by atoms with E-state index in [4.69, 9.17) is 5.73 Å². The van der Waals surface area contributed by atoms with Crippen LogP contribution >= 0.6 is 0 Å². The normalized spacial score (nSPS) is 14.0. The Balaban J connectivity index is 2.76. The topological polar surface area (TPSA) is 72.2 Å². The molecule has 4 nitrogen and oxygen atoms in total. The van der Waals surface area contributed by atoms with Gasteiger partial charge >= 0.3 is 0 Å². The molecule has 0 bridgehead atoms. The number of carbonyl (C=O) groups excluding carboxylic acids is 2. The van der Waals surface area contributed by atoms with E-state index in [0.717, 1.165) is 12.0 Å². The van der Waals surface area contributed by atoms with Crippen molar-refractivity contribution in [2.75, 3.05) is 0 Å². The molecule has 0 fully saturated rings. The number of carbonyl (C=O) groups is 2. The number of primary amides is 1. The van der Waals surface area contributed by atoms with E-state index in [9.17, 15) is 9.59 Å². The first-order valence-corrected chi connectivity index (χ1v) is 7.90. The summed E-state index contributed by atoms with van der Waals surface area (Å²) in [6.45, 7) is 9.92. The molecule has 0 heterocycles. The lowest BCUT2D eigenvalue weighted by Gasteiger charge is -2.21. The van der Waals surface area contributed by atoms with Crippen LogP contribution in [0.25, 0.3) is 0 Å². The third-order valence-corrected chi connectivity index (χ3v) is 3.79. The summed E-state index contributed by atoms with van der Waals surface area (Å²) in [5, 5.41) is 2.75. The zero-order valence-corrected chi connectivity index (χ0v) is 14.2. The Morgan fingerprint density at radius 1 is 1.05 bits per heavy atom. The quantitative estimate of drug-likeness (QED) is 0.812. The highest BCUT2D eigenvalue weighted by atomic mass is 16.2. The minimum Gasteiger partial charge on any atom is -0.368 e. The predicted molar refractivity (Wildman–Crippen MR) is 89.4 cm³/mol. The maximum Gasteiger partial charge on any atom is 0.240 e. The molecule has 1 rings (SSSR count). The van der Waals surface area contributed by atoms with Gasteiger partial charge in [-0.25, -0.2) is 0 Å². The molecule has 0 spiro atoms. The molecular formula is C18H28N2O2. The number of benzene rings is 1. The molecule has 0 aliphatic rings. The van der Waals surface area contributed by atoms with Gasteiger partial charge in [0.1, 0.15) is 6.04 Å². The highest BCUT2D eigenvalue weighted by Gasteiger charge is 2.24. The number of rotatable bonds is 7. The zero-order valence-electron chi connectivity index (χ0n) is 14.2. The smallest absolute Gasteiger partial charge is 0.240 e. The Hall–Kier alpha value is -1.84. The van der Waals surface area contributed by atoms with Crippen molar-refractivity contribution < 1.29 is 9.59 Å². The standard InChI is InChI=1S/C18H28N2O2/c1-11(2)10-14-6-8-15(9-7-14)13(5)18(22)20-16(12(3)4)17(19)21/h6-9,11-13,16H,10H2,1-5H3,(H2,19,21)(H,20,22)/t13-,16?/m0/s1. The van der Waals surface area contributed by atoms with Crippen LogP contribution in [-0.2, 0) is 16.0 Å². The van der Waals surface area contributed by atoms with Crippen LogP contribution < -0.4 is 11.1 Å². The number of hydrogen-bond acceptors (Lipinski definition) is 2. The van der Waals surface area contributed by atoms with Crippen molar-refractivity contribution >= 4 is 11.8 Å². The number of nitrogens with two attached hydrogens (primary N) is 1. The van der Waals surface area contributed by atoms with Crippen LogP contribution in [0.2, 0.25) is 0 Å². The van der Waals surface area contributed by atoms with E-state index in [1.54, 1.807) is 0 Å². The van der Waals surface area contributed by atoms with Gasteiger partial charge in [-0.1, -0.05) is 52.0 Å². The van der Waals surface area contributed by atoms with Crippen molar-refractivity contribution in [3.05, 3.63) is 35.4 Å². The van der Waals surface area contributed by atoms with E-state index < -0.39 is 11.9 Å². The fraction of sp³-hybridized carbons (Fsp3) is 0.556. The molecule has 0 aromatic heterocycles. The molecule has 0 saturated carbocycles. The molecule has 22 heavy (non-hydrogen) atoms. The van der Waals surface area contributed by atoms with Crippen LogP contribution in [0.1, 0.15) is 51.7 Å². The molecule has 122 valence electrons. The summed E-state index contributed by atoms with van der Waals surface area (Å²) in [7, 11) is 0. The largest absolute Gasteiger partial charge is 0.368 e. The maximum absolute atomic E-state index is 12.3. The van der Waals surface area contributed by atoms with Crippen molar-refractivity contribution in [3.8, 4) is 0 Å². The zero-order chi connectivity index (χ0) is 16.9. The molecule has 0 aliphatic heterocycles. The molecule has 0 saturated heterocycles. The average molecular weight is 304 g/mol. The lowest BCUT2D eigenvalue weighted by Crippen LogP contribution is -2.48. The van der Waals surface area contributed by atoms with Gasteiger partial charge in [-0.15, -0.1) is 0 Å². The highest BCUT2D eigenvalue weighted by molar-refractivity contribution is 5.89. The molecular weight excluding hydrogens is 276 g/mol. The van der Waals surface area contributed by atoms with Gasteiger partial charge in [-0.3, -0.25) is 9.59 Å². The summed E-state index contributed by atoms with van der Waals surface area (Å²) < 4.78 is 0. The van der Waals surface area contributed by atoms with Gasteiger partial charge in [-0.2, -0.15) is 0 Å². The summed E-state index contributed by atoms with van der Waals surface area (Å²) in [4.78, 5) is 23.7. The van der Waals surface area contributed by atoms with Crippen LogP contribution in [0.4, 0.5) is 0 Å². The molecule has 1 aromatic rings. The first-order chi connectivity index (χ1) is 10.2. The second kappa shape index (κ2) is 7.97. The Bertz CT molecular complexity index is 506. The molecule has 4 heteroatoms. The van der Waals surface area contributed by atoms with Gasteiger partial charge in [0.15, 0.2) is 0 Å². The van der Waals surface area contributed by atoms with Crippen molar-refractivity contribution in [1.82, 2.24) is 5.32 Å². The minimum absolute atomic E-state index is 0.0259. The van der Waals surface area contributed by atoms with Gasteiger partial charge in [0.2, 0.25) is 11.8 Å². The Labute approximate surface area is 133 Å². The Morgan fingerprint density at radius 3 is 2.00 bits per heavy atom. The van der Waals surface area contributed by atoms with Gasteiger partial charge in [0.25, 0.3) is 0 Å². The fourth-order valence-corrected chi connectivity index (χ4v) is 2.41. The van der Waals surface area contributed by atoms with Crippen LogP contribution in [0, 0.1) is 11.8 Å². The van der Waals surface area contributed by atoms with Crippen molar-refractivity contribution in [3.63, 3.8) is 0 Å². The van der Waals surface area contributed by atoms with Crippen molar-refractivity contribution in [1.29, 1.82) is 0 Å². The molecule has 1 aromatic carbocycles. The molecule has 3 N–H and O–H groups in total. The fourth-order valence-electron chi connectivity index (χ4n) is 2.41. The molecule has 2 atom stereocenters.